The van der Waals surface area contributed by atoms with Gasteiger partial charge in [-0.3, -0.25) is 4.79 Å². The van der Waals surface area contributed by atoms with Crippen LogP contribution in [0, 0.1) is 11.7 Å². The van der Waals surface area contributed by atoms with Gasteiger partial charge in [-0.1, -0.05) is 36.9 Å². The van der Waals surface area contributed by atoms with E-state index < -0.39 is 5.82 Å². The number of amides is 1. The van der Waals surface area contributed by atoms with E-state index in [-0.39, 0.29) is 30.0 Å². The summed E-state index contributed by atoms with van der Waals surface area (Å²) in [4.78, 5) is 14.2. The molecular formula is C16H21ClFNO2. The third-order valence-electron chi connectivity index (χ3n) is 3.99. The summed E-state index contributed by atoms with van der Waals surface area (Å²) in [6.07, 6.45) is 5.18. The minimum atomic E-state index is -0.483. The maximum Gasteiger partial charge on any atom is 0.226 e. The fraction of sp³-hybridized carbons (Fsp3) is 0.562. The molecule has 5 heteroatoms. The number of aliphatic hydroxyl groups is 1. The first-order valence-electron chi connectivity index (χ1n) is 7.45. The molecule has 0 bridgehead atoms. The Labute approximate surface area is 129 Å². The van der Waals surface area contributed by atoms with Crippen LogP contribution in [-0.4, -0.2) is 29.1 Å². The van der Waals surface area contributed by atoms with E-state index in [0.717, 1.165) is 25.7 Å². The van der Waals surface area contributed by atoms with Crippen molar-refractivity contribution in [3.63, 3.8) is 0 Å². The van der Waals surface area contributed by atoms with Crippen molar-refractivity contribution in [3.8, 4) is 0 Å². The van der Waals surface area contributed by atoms with E-state index in [1.165, 1.54) is 18.6 Å². The number of carbonyl (C=O) groups is 1. The lowest BCUT2D eigenvalue weighted by atomic mass is 9.88. The monoisotopic (exact) mass is 313 g/mol. The number of nitrogens with zero attached hydrogens (tertiary/aromatic N) is 1. The lowest BCUT2D eigenvalue weighted by Gasteiger charge is -2.29. The highest BCUT2D eigenvalue weighted by atomic mass is 35.5. The minimum Gasteiger partial charge on any atom is -0.395 e. The highest BCUT2D eigenvalue weighted by molar-refractivity contribution is 6.30. The van der Waals surface area contributed by atoms with Crippen molar-refractivity contribution in [2.24, 2.45) is 5.92 Å². The number of rotatable bonds is 5. The largest absolute Gasteiger partial charge is 0.395 e. The van der Waals surface area contributed by atoms with E-state index in [9.17, 15) is 14.3 Å². The second-order valence-corrected chi connectivity index (χ2v) is 5.97. The topological polar surface area (TPSA) is 40.5 Å². The Kier molecular flexibility index (Phi) is 6.00. The number of benzene rings is 1. The molecule has 1 saturated carbocycles. The second-order valence-electron chi connectivity index (χ2n) is 5.57. The smallest absolute Gasteiger partial charge is 0.226 e. The number of carbonyl (C=O) groups excluding carboxylic acids is 1. The summed E-state index contributed by atoms with van der Waals surface area (Å²) in [5, 5.41) is 9.25. The first-order chi connectivity index (χ1) is 10.1. The van der Waals surface area contributed by atoms with Crippen LogP contribution in [0.3, 0.4) is 0 Å². The summed E-state index contributed by atoms with van der Waals surface area (Å²) >= 11 is 5.67. The summed E-state index contributed by atoms with van der Waals surface area (Å²) in [5.41, 5.74) is 0.689. The lowest BCUT2D eigenvalue weighted by Crippen LogP contribution is -2.38. The van der Waals surface area contributed by atoms with Gasteiger partial charge in [0.2, 0.25) is 5.91 Å². The first kappa shape index (κ1) is 16.2. The number of hydrogen-bond donors (Lipinski definition) is 1. The van der Waals surface area contributed by atoms with Gasteiger partial charge < -0.3 is 10.0 Å². The molecule has 0 saturated heterocycles. The second kappa shape index (κ2) is 7.76. The van der Waals surface area contributed by atoms with Crippen LogP contribution in [0.5, 0.6) is 0 Å². The molecule has 1 aromatic carbocycles. The molecule has 1 aliphatic carbocycles. The molecule has 116 valence electrons. The maximum atomic E-state index is 13.5. The van der Waals surface area contributed by atoms with Crippen LogP contribution in [0.25, 0.3) is 0 Å². The summed E-state index contributed by atoms with van der Waals surface area (Å²) < 4.78 is 13.5. The molecule has 1 aliphatic rings. The van der Waals surface area contributed by atoms with Gasteiger partial charge in [-0.2, -0.15) is 0 Å². The van der Waals surface area contributed by atoms with Gasteiger partial charge in [-0.25, -0.2) is 4.39 Å². The molecule has 1 amide bonds. The summed E-state index contributed by atoms with van der Waals surface area (Å²) in [6, 6.07) is 4.55. The van der Waals surface area contributed by atoms with E-state index in [1.807, 2.05) is 0 Å². The molecule has 2 rings (SSSR count). The Bertz CT molecular complexity index is 489. The average Bonchev–Trinajstić information content (AvgIpc) is 2.50. The van der Waals surface area contributed by atoms with Gasteiger partial charge in [-0.05, 0) is 30.5 Å². The van der Waals surface area contributed by atoms with E-state index in [0.29, 0.717) is 12.1 Å². The predicted octanol–water partition coefficient (Wildman–Crippen LogP) is 3.38. The van der Waals surface area contributed by atoms with Crippen molar-refractivity contribution >= 4 is 17.5 Å². The molecule has 1 aromatic rings. The SMILES string of the molecule is O=C(C1CCCCC1)N(CCO)Cc1ccc(Cl)c(F)c1. The normalized spacial score (nSPS) is 16.0. The Morgan fingerprint density at radius 2 is 2.05 bits per heavy atom. The molecule has 0 radical (unpaired) electrons. The van der Waals surface area contributed by atoms with Crippen molar-refractivity contribution in [3.05, 3.63) is 34.6 Å². The molecule has 1 N–H and O–H groups in total. The Hall–Kier alpha value is -1.13. The highest BCUT2D eigenvalue weighted by Crippen LogP contribution is 2.26. The maximum absolute atomic E-state index is 13.5. The highest BCUT2D eigenvalue weighted by Gasteiger charge is 2.25. The van der Waals surface area contributed by atoms with E-state index in [2.05, 4.69) is 0 Å². The molecule has 0 unspecified atom stereocenters. The fourth-order valence-electron chi connectivity index (χ4n) is 2.85. The van der Waals surface area contributed by atoms with Crippen LogP contribution in [-0.2, 0) is 11.3 Å². The molecular weight excluding hydrogens is 293 g/mol. The number of halogens is 2. The quantitative estimate of drug-likeness (QED) is 0.905. The Morgan fingerprint density at radius 1 is 1.33 bits per heavy atom. The van der Waals surface area contributed by atoms with E-state index in [1.54, 1.807) is 11.0 Å². The zero-order valence-electron chi connectivity index (χ0n) is 12.0. The molecule has 0 aromatic heterocycles. The van der Waals surface area contributed by atoms with Crippen molar-refractivity contribution < 1.29 is 14.3 Å². The summed E-state index contributed by atoms with van der Waals surface area (Å²) in [5.74, 6) is -0.371. The number of hydrogen-bond acceptors (Lipinski definition) is 2. The van der Waals surface area contributed by atoms with Crippen molar-refractivity contribution in [1.82, 2.24) is 4.90 Å². The van der Waals surface area contributed by atoms with Gasteiger partial charge in [0.1, 0.15) is 5.82 Å². The standard InChI is InChI=1S/C16H21ClFNO2/c17-14-7-6-12(10-15(14)18)11-19(8-9-20)16(21)13-4-2-1-3-5-13/h6-7,10,13,20H,1-5,8-9,11H2. The zero-order valence-corrected chi connectivity index (χ0v) is 12.8. The van der Waals surface area contributed by atoms with E-state index >= 15 is 0 Å². The average molecular weight is 314 g/mol. The number of aliphatic hydroxyl groups excluding tert-OH is 1. The van der Waals surface area contributed by atoms with Gasteiger partial charge in [0, 0.05) is 19.0 Å². The third kappa shape index (κ3) is 4.42. The summed E-state index contributed by atoms with van der Waals surface area (Å²) in [7, 11) is 0. The zero-order chi connectivity index (χ0) is 15.2. The first-order valence-corrected chi connectivity index (χ1v) is 7.83. The lowest BCUT2D eigenvalue weighted by molar-refractivity contribution is -0.137. The third-order valence-corrected chi connectivity index (χ3v) is 4.30. The molecule has 0 atom stereocenters. The summed E-state index contributed by atoms with van der Waals surface area (Å²) in [6.45, 7) is 0.498. The molecule has 21 heavy (non-hydrogen) atoms. The fourth-order valence-corrected chi connectivity index (χ4v) is 2.97. The van der Waals surface area contributed by atoms with Crippen molar-refractivity contribution in [1.29, 1.82) is 0 Å². The molecule has 0 aliphatic heterocycles. The van der Waals surface area contributed by atoms with Crippen LogP contribution in [0.2, 0.25) is 5.02 Å². The van der Waals surface area contributed by atoms with Crippen LogP contribution in [0.15, 0.2) is 18.2 Å². The van der Waals surface area contributed by atoms with Gasteiger partial charge in [0.15, 0.2) is 0 Å². The molecule has 3 nitrogen and oxygen atoms in total. The van der Waals surface area contributed by atoms with Gasteiger partial charge in [0.05, 0.1) is 11.6 Å². The van der Waals surface area contributed by atoms with Crippen molar-refractivity contribution in [2.45, 2.75) is 38.6 Å². The predicted molar refractivity (Wildman–Crippen MR) is 80.5 cm³/mol. The molecule has 0 heterocycles. The van der Waals surface area contributed by atoms with E-state index in [4.69, 9.17) is 11.6 Å². The van der Waals surface area contributed by atoms with Gasteiger partial charge in [0.25, 0.3) is 0 Å². The van der Waals surface area contributed by atoms with Gasteiger partial charge in [-0.15, -0.1) is 0 Å². The van der Waals surface area contributed by atoms with Crippen molar-refractivity contribution in [2.75, 3.05) is 13.2 Å². The van der Waals surface area contributed by atoms with Crippen LogP contribution >= 0.6 is 11.6 Å². The van der Waals surface area contributed by atoms with Crippen LogP contribution in [0.1, 0.15) is 37.7 Å². The minimum absolute atomic E-state index is 0.0439. The van der Waals surface area contributed by atoms with Crippen LogP contribution < -0.4 is 0 Å². The Morgan fingerprint density at radius 3 is 2.67 bits per heavy atom. The van der Waals surface area contributed by atoms with Crippen LogP contribution in [0.4, 0.5) is 4.39 Å². The van der Waals surface area contributed by atoms with Gasteiger partial charge >= 0.3 is 0 Å². The molecule has 0 spiro atoms. The Balaban J connectivity index is 2.06. The molecule has 1 fully saturated rings.